The van der Waals surface area contributed by atoms with Crippen LogP contribution in [0.5, 0.6) is 5.75 Å². The van der Waals surface area contributed by atoms with Crippen molar-refractivity contribution in [3.8, 4) is 5.75 Å². The largest absolute Gasteiger partial charge is 0.492 e. The van der Waals surface area contributed by atoms with E-state index in [9.17, 15) is 9.59 Å². The molecule has 0 spiro atoms. The van der Waals surface area contributed by atoms with Crippen LogP contribution in [0.15, 0.2) is 42.5 Å². The van der Waals surface area contributed by atoms with Gasteiger partial charge in [-0.2, -0.15) is 0 Å². The molecule has 2 aromatic carbocycles. The van der Waals surface area contributed by atoms with E-state index in [0.29, 0.717) is 42.2 Å². The standard InChI is InChI=1S/C24H26O4/c1-2-22(25)20-13-18(23(26)9-8-16-10-11-27-14-16)12-19-21(15-28-24(19)20)17-6-4-3-5-7-17/h3-7,12-13,16,21H,2,8-11,14-15H2,1H3. The summed E-state index contributed by atoms with van der Waals surface area (Å²) in [4.78, 5) is 25.5. The van der Waals surface area contributed by atoms with Gasteiger partial charge < -0.3 is 9.47 Å². The van der Waals surface area contributed by atoms with Crippen molar-refractivity contribution < 1.29 is 19.1 Å². The normalized spacial score (nSPS) is 20.6. The van der Waals surface area contributed by atoms with Crippen LogP contribution in [0, 0.1) is 5.92 Å². The quantitative estimate of drug-likeness (QED) is 0.649. The van der Waals surface area contributed by atoms with Crippen molar-refractivity contribution in [2.24, 2.45) is 5.92 Å². The van der Waals surface area contributed by atoms with Crippen molar-refractivity contribution in [3.05, 3.63) is 64.7 Å². The predicted molar refractivity (Wildman–Crippen MR) is 107 cm³/mol. The molecule has 2 heterocycles. The average Bonchev–Trinajstić information content (AvgIpc) is 3.41. The molecule has 1 saturated heterocycles. The van der Waals surface area contributed by atoms with E-state index in [0.717, 1.165) is 37.2 Å². The number of Topliss-reactive ketones (excluding diaryl/α,β-unsaturated/α-hetero) is 2. The fourth-order valence-corrected chi connectivity index (χ4v) is 4.14. The van der Waals surface area contributed by atoms with Crippen molar-refractivity contribution in [3.63, 3.8) is 0 Å². The molecule has 0 amide bonds. The third-order valence-electron chi connectivity index (χ3n) is 5.84. The Morgan fingerprint density at radius 3 is 2.61 bits per heavy atom. The molecule has 1 fully saturated rings. The van der Waals surface area contributed by atoms with E-state index in [1.54, 1.807) is 6.07 Å². The number of ether oxygens (including phenoxy) is 2. The highest BCUT2D eigenvalue weighted by Crippen LogP contribution is 2.42. The number of carbonyl (C=O) groups is 2. The summed E-state index contributed by atoms with van der Waals surface area (Å²) >= 11 is 0. The fraction of sp³-hybridized carbons (Fsp3) is 0.417. The molecule has 0 aliphatic carbocycles. The number of ketones is 2. The molecule has 2 aromatic rings. The lowest BCUT2D eigenvalue weighted by molar-refractivity contribution is 0.0971. The maximum absolute atomic E-state index is 12.9. The SMILES string of the molecule is CCC(=O)c1cc(C(=O)CCC2CCOC2)cc2c1OCC2c1ccccc1. The zero-order valence-electron chi connectivity index (χ0n) is 16.3. The van der Waals surface area contributed by atoms with Gasteiger partial charge >= 0.3 is 0 Å². The predicted octanol–water partition coefficient (Wildman–Crippen LogP) is 4.80. The van der Waals surface area contributed by atoms with Gasteiger partial charge in [-0.1, -0.05) is 37.3 Å². The van der Waals surface area contributed by atoms with Gasteiger partial charge in [0, 0.05) is 43.1 Å². The molecule has 2 aliphatic heterocycles. The maximum Gasteiger partial charge on any atom is 0.166 e. The van der Waals surface area contributed by atoms with Gasteiger partial charge in [-0.15, -0.1) is 0 Å². The Hall–Kier alpha value is -2.46. The van der Waals surface area contributed by atoms with Crippen molar-refractivity contribution >= 4 is 11.6 Å². The van der Waals surface area contributed by atoms with Crippen LogP contribution in [0.3, 0.4) is 0 Å². The monoisotopic (exact) mass is 378 g/mol. The summed E-state index contributed by atoms with van der Waals surface area (Å²) in [5.74, 6) is 1.29. The topological polar surface area (TPSA) is 52.6 Å². The first kappa shape index (κ1) is 18.9. The van der Waals surface area contributed by atoms with Crippen LogP contribution in [0.1, 0.15) is 70.4 Å². The summed E-state index contributed by atoms with van der Waals surface area (Å²) in [5, 5.41) is 0. The number of rotatable bonds is 7. The minimum Gasteiger partial charge on any atom is -0.492 e. The summed E-state index contributed by atoms with van der Waals surface area (Å²) in [5.41, 5.74) is 3.27. The Morgan fingerprint density at radius 2 is 1.89 bits per heavy atom. The lowest BCUT2D eigenvalue weighted by atomic mass is 9.88. The highest BCUT2D eigenvalue weighted by molar-refractivity contribution is 6.04. The van der Waals surface area contributed by atoms with E-state index in [-0.39, 0.29) is 17.5 Å². The molecule has 4 heteroatoms. The Morgan fingerprint density at radius 1 is 1.07 bits per heavy atom. The molecular weight excluding hydrogens is 352 g/mol. The van der Waals surface area contributed by atoms with Gasteiger partial charge in [0.1, 0.15) is 5.75 Å². The number of hydrogen-bond donors (Lipinski definition) is 0. The third-order valence-corrected chi connectivity index (χ3v) is 5.84. The molecule has 2 atom stereocenters. The van der Waals surface area contributed by atoms with E-state index in [4.69, 9.17) is 9.47 Å². The second-order valence-corrected chi connectivity index (χ2v) is 7.68. The average molecular weight is 378 g/mol. The van der Waals surface area contributed by atoms with Gasteiger partial charge in [0.25, 0.3) is 0 Å². The zero-order valence-corrected chi connectivity index (χ0v) is 16.3. The van der Waals surface area contributed by atoms with Crippen LogP contribution in [0.4, 0.5) is 0 Å². The Labute approximate surface area is 165 Å². The van der Waals surface area contributed by atoms with Crippen molar-refractivity contribution in [1.29, 1.82) is 0 Å². The van der Waals surface area contributed by atoms with Crippen molar-refractivity contribution in [1.82, 2.24) is 0 Å². The van der Waals surface area contributed by atoms with E-state index >= 15 is 0 Å². The molecule has 4 nitrogen and oxygen atoms in total. The number of benzene rings is 2. The number of carbonyl (C=O) groups excluding carboxylic acids is 2. The van der Waals surface area contributed by atoms with Crippen LogP contribution in [0.2, 0.25) is 0 Å². The summed E-state index contributed by atoms with van der Waals surface area (Å²) in [6.07, 6.45) is 2.75. The molecule has 28 heavy (non-hydrogen) atoms. The molecule has 2 unspecified atom stereocenters. The van der Waals surface area contributed by atoms with Gasteiger partial charge in [-0.25, -0.2) is 0 Å². The maximum atomic E-state index is 12.9. The lowest BCUT2D eigenvalue weighted by Gasteiger charge is -2.13. The molecule has 0 saturated carbocycles. The molecule has 4 rings (SSSR count). The van der Waals surface area contributed by atoms with Crippen molar-refractivity contribution in [2.45, 2.75) is 38.5 Å². The lowest BCUT2D eigenvalue weighted by Crippen LogP contribution is -2.08. The van der Waals surface area contributed by atoms with Gasteiger partial charge in [0.2, 0.25) is 0 Å². The first-order valence-electron chi connectivity index (χ1n) is 10.2. The second-order valence-electron chi connectivity index (χ2n) is 7.68. The smallest absolute Gasteiger partial charge is 0.166 e. The summed E-state index contributed by atoms with van der Waals surface area (Å²) in [6.45, 7) is 3.89. The summed E-state index contributed by atoms with van der Waals surface area (Å²) in [7, 11) is 0. The van der Waals surface area contributed by atoms with E-state index in [2.05, 4.69) is 12.1 Å². The Kier molecular flexibility index (Phi) is 5.58. The van der Waals surface area contributed by atoms with Gasteiger partial charge in [-0.05, 0) is 36.5 Å². The molecule has 0 aromatic heterocycles. The highest BCUT2D eigenvalue weighted by Gasteiger charge is 2.31. The van der Waals surface area contributed by atoms with E-state index in [1.807, 2.05) is 31.2 Å². The van der Waals surface area contributed by atoms with Crippen LogP contribution in [0.25, 0.3) is 0 Å². The first-order valence-corrected chi connectivity index (χ1v) is 10.2. The third kappa shape index (κ3) is 3.74. The first-order chi connectivity index (χ1) is 13.7. The van der Waals surface area contributed by atoms with Gasteiger partial charge in [-0.3, -0.25) is 9.59 Å². The van der Waals surface area contributed by atoms with Crippen LogP contribution in [-0.2, 0) is 4.74 Å². The molecule has 146 valence electrons. The molecule has 0 bridgehead atoms. The zero-order chi connectivity index (χ0) is 19.5. The second kappa shape index (κ2) is 8.27. The van der Waals surface area contributed by atoms with Gasteiger partial charge in [0.15, 0.2) is 11.6 Å². The molecule has 0 radical (unpaired) electrons. The molecule has 0 N–H and O–H groups in total. The van der Waals surface area contributed by atoms with Gasteiger partial charge in [0.05, 0.1) is 12.2 Å². The fourth-order valence-electron chi connectivity index (χ4n) is 4.14. The van der Waals surface area contributed by atoms with Crippen LogP contribution in [-0.4, -0.2) is 31.4 Å². The minimum atomic E-state index is 0.0174. The Balaban J connectivity index is 1.66. The Bertz CT molecular complexity index is 866. The van der Waals surface area contributed by atoms with Crippen LogP contribution >= 0.6 is 0 Å². The summed E-state index contributed by atoms with van der Waals surface area (Å²) < 4.78 is 11.4. The van der Waals surface area contributed by atoms with Crippen LogP contribution < -0.4 is 4.74 Å². The van der Waals surface area contributed by atoms with E-state index < -0.39 is 0 Å². The molecule has 2 aliphatic rings. The number of fused-ring (bicyclic) bond motifs is 1. The van der Waals surface area contributed by atoms with E-state index in [1.165, 1.54) is 0 Å². The summed E-state index contributed by atoms with van der Waals surface area (Å²) in [6, 6.07) is 13.8. The minimum absolute atomic E-state index is 0.0174. The highest BCUT2D eigenvalue weighted by atomic mass is 16.5. The van der Waals surface area contributed by atoms with Crippen molar-refractivity contribution in [2.75, 3.05) is 19.8 Å². The molecular formula is C24H26O4. The number of hydrogen-bond acceptors (Lipinski definition) is 4.